The van der Waals surface area contributed by atoms with Crippen LogP contribution in [0.1, 0.15) is 39.2 Å². The van der Waals surface area contributed by atoms with Crippen LogP contribution in [0, 0.1) is 18.8 Å². The van der Waals surface area contributed by atoms with Crippen molar-refractivity contribution >= 4 is 5.69 Å². The second-order valence-corrected chi connectivity index (χ2v) is 5.89. The quantitative estimate of drug-likeness (QED) is 0.771. The molecule has 2 nitrogen and oxygen atoms in total. The summed E-state index contributed by atoms with van der Waals surface area (Å²) in [4.78, 5) is 2.47. The molecule has 0 bridgehead atoms. The smallest absolute Gasteiger partial charge is 0.0395 e. The van der Waals surface area contributed by atoms with Crippen LogP contribution in [0.15, 0.2) is 24.3 Å². The summed E-state index contributed by atoms with van der Waals surface area (Å²) in [5.41, 5.74) is 8.62. The molecule has 1 unspecified atom stereocenters. The Morgan fingerprint density at radius 2 is 1.89 bits per heavy atom. The maximum Gasteiger partial charge on any atom is 0.0395 e. The molecule has 1 aromatic rings. The maximum absolute atomic E-state index is 5.90. The van der Waals surface area contributed by atoms with Crippen molar-refractivity contribution in [2.24, 2.45) is 17.6 Å². The second kappa shape index (κ2) is 8.21. The van der Waals surface area contributed by atoms with E-state index in [1.54, 1.807) is 0 Å². The van der Waals surface area contributed by atoms with Crippen molar-refractivity contribution in [3.05, 3.63) is 29.8 Å². The van der Waals surface area contributed by atoms with Crippen molar-refractivity contribution in [3.63, 3.8) is 0 Å². The Bertz CT molecular complexity index is 360. The first-order valence-corrected chi connectivity index (χ1v) is 7.59. The molecule has 1 rings (SSSR count). The highest BCUT2D eigenvalue weighted by atomic mass is 15.1. The standard InChI is InChI=1S/C17H30N2/c1-5-19(17-9-7-6-8-15(17)4)11-10-16(13-18)12-14(2)3/h6-9,14,16H,5,10-13,18H2,1-4H3. The van der Waals surface area contributed by atoms with Gasteiger partial charge >= 0.3 is 0 Å². The summed E-state index contributed by atoms with van der Waals surface area (Å²) < 4.78 is 0. The summed E-state index contributed by atoms with van der Waals surface area (Å²) >= 11 is 0. The Balaban J connectivity index is 2.60. The summed E-state index contributed by atoms with van der Waals surface area (Å²) in [6.07, 6.45) is 2.43. The van der Waals surface area contributed by atoms with Gasteiger partial charge in [0.2, 0.25) is 0 Å². The highest BCUT2D eigenvalue weighted by Crippen LogP contribution is 2.21. The summed E-state index contributed by atoms with van der Waals surface area (Å²) in [7, 11) is 0. The minimum absolute atomic E-state index is 0.651. The fraction of sp³-hybridized carbons (Fsp3) is 0.647. The number of aryl methyl sites for hydroxylation is 1. The van der Waals surface area contributed by atoms with Crippen LogP contribution in [0.25, 0.3) is 0 Å². The molecule has 0 radical (unpaired) electrons. The van der Waals surface area contributed by atoms with Gasteiger partial charge in [0.15, 0.2) is 0 Å². The van der Waals surface area contributed by atoms with Gasteiger partial charge in [-0.05, 0) is 56.7 Å². The average molecular weight is 262 g/mol. The molecule has 19 heavy (non-hydrogen) atoms. The second-order valence-electron chi connectivity index (χ2n) is 5.89. The molecule has 0 spiro atoms. The van der Waals surface area contributed by atoms with Crippen molar-refractivity contribution in [1.82, 2.24) is 0 Å². The SMILES string of the molecule is CCN(CCC(CN)CC(C)C)c1ccccc1C. The van der Waals surface area contributed by atoms with Crippen LogP contribution in [0.4, 0.5) is 5.69 Å². The summed E-state index contributed by atoms with van der Waals surface area (Å²) in [5, 5.41) is 0. The Labute approximate surface area is 119 Å². The van der Waals surface area contributed by atoms with E-state index in [4.69, 9.17) is 5.73 Å². The molecule has 1 atom stereocenters. The molecule has 0 fully saturated rings. The number of hydrogen-bond donors (Lipinski definition) is 1. The fourth-order valence-corrected chi connectivity index (χ4v) is 2.70. The number of hydrogen-bond acceptors (Lipinski definition) is 2. The zero-order chi connectivity index (χ0) is 14.3. The highest BCUT2D eigenvalue weighted by molar-refractivity contribution is 5.52. The van der Waals surface area contributed by atoms with Crippen LogP contribution in [-0.2, 0) is 0 Å². The average Bonchev–Trinajstić information content (AvgIpc) is 2.39. The first-order valence-electron chi connectivity index (χ1n) is 7.59. The number of nitrogens with two attached hydrogens (primary N) is 1. The van der Waals surface area contributed by atoms with Crippen LogP contribution in [0.2, 0.25) is 0 Å². The van der Waals surface area contributed by atoms with Gasteiger partial charge in [0, 0.05) is 18.8 Å². The first kappa shape index (κ1) is 16.0. The number of nitrogens with zero attached hydrogens (tertiary/aromatic N) is 1. The summed E-state index contributed by atoms with van der Waals surface area (Å²) in [6.45, 7) is 11.9. The molecule has 2 N–H and O–H groups in total. The van der Waals surface area contributed by atoms with Gasteiger partial charge < -0.3 is 10.6 Å². The van der Waals surface area contributed by atoms with Gasteiger partial charge in [-0.25, -0.2) is 0 Å². The van der Waals surface area contributed by atoms with Crippen molar-refractivity contribution in [2.45, 2.75) is 40.5 Å². The largest absolute Gasteiger partial charge is 0.372 e. The Kier molecular flexibility index (Phi) is 6.93. The molecule has 0 saturated carbocycles. The molecule has 1 aromatic carbocycles. The van der Waals surface area contributed by atoms with Crippen molar-refractivity contribution in [1.29, 1.82) is 0 Å². The molecule has 0 aliphatic rings. The normalized spacial score (nSPS) is 12.7. The van der Waals surface area contributed by atoms with E-state index >= 15 is 0 Å². The Morgan fingerprint density at radius 1 is 1.21 bits per heavy atom. The van der Waals surface area contributed by atoms with E-state index in [0.717, 1.165) is 25.6 Å². The van der Waals surface area contributed by atoms with Gasteiger partial charge in [-0.1, -0.05) is 32.0 Å². The molecule has 0 heterocycles. The van der Waals surface area contributed by atoms with Gasteiger partial charge in [-0.15, -0.1) is 0 Å². The Hall–Kier alpha value is -1.02. The topological polar surface area (TPSA) is 29.3 Å². The minimum atomic E-state index is 0.651. The van der Waals surface area contributed by atoms with Gasteiger partial charge in [0.25, 0.3) is 0 Å². The van der Waals surface area contributed by atoms with E-state index in [1.807, 2.05) is 0 Å². The number of para-hydroxylation sites is 1. The van der Waals surface area contributed by atoms with Crippen LogP contribution in [-0.4, -0.2) is 19.6 Å². The van der Waals surface area contributed by atoms with Crippen molar-refractivity contribution < 1.29 is 0 Å². The van der Waals surface area contributed by atoms with E-state index in [1.165, 1.54) is 24.1 Å². The zero-order valence-corrected chi connectivity index (χ0v) is 13.0. The number of benzene rings is 1. The lowest BCUT2D eigenvalue weighted by molar-refractivity contribution is 0.395. The lowest BCUT2D eigenvalue weighted by Gasteiger charge is -2.27. The molecule has 0 aliphatic carbocycles. The third kappa shape index (κ3) is 5.23. The Morgan fingerprint density at radius 3 is 2.42 bits per heavy atom. The van der Waals surface area contributed by atoms with Gasteiger partial charge in [-0.2, -0.15) is 0 Å². The molecular weight excluding hydrogens is 232 g/mol. The number of rotatable bonds is 8. The third-order valence-electron chi connectivity index (χ3n) is 3.78. The summed E-state index contributed by atoms with van der Waals surface area (Å²) in [6, 6.07) is 8.64. The van der Waals surface area contributed by atoms with Crippen LogP contribution >= 0.6 is 0 Å². The third-order valence-corrected chi connectivity index (χ3v) is 3.78. The number of anilines is 1. The van der Waals surface area contributed by atoms with Crippen LogP contribution < -0.4 is 10.6 Å². The molecule has 0 aromatic heterocycles. The first-order chi connectivity index (χ1) is 9.08. The molecule has 0 saturated heterocycles. The van der Waals surface area contributed by atoms with E-state index in [2.05, 4.69) is 56.9 Å². The minimum Gasteiger partial charge on any atom is -0.372 e. The monoisotopic (exact) mass is 262 g/mol. The predicted octanol–water partition coefficient (Wildman–Crippen LogP) is 3.83. The van der Waals surface area contributed by atoms with E-state index in [0.29, 0.717) is 5.92 Å². The van der Waals surface area contributed by atoms with Gasteiger partial charge in [0.05, 0.1) is 0 Å². The maximum atomic E-state index is 5.90. The van der Waals surface area contributed by atoms with E-state index < -0.39 is 0 Å². The van der Waals surface area contributed by atoms with Gasteiger partial charge in [-0.3, -0.25) is 0 Å². The van der Waals surface area contributed by atoms with Crippen molar-refractivity contribution in [3.8, 4) is 0 Å². The zero-order valence-electron chi connectivity index (χ0n) is 13.0. The van der Waals surface area contributed by atoms with Crippen LogP contribution in [0.5, 0.6) is 0 Å². The molecule has 0 aliphatic heterocycles. The molecule has 2 heteroatoms. The molecule has 108 valence electrons. The lowest BCUT2D eigenvalue weighted by Crippen LogP contribution is -2.28. The predicted molar refractivity (Wildman–Crippen MR) is 85.7 cm³/mol. The van der Waals surface area contributed by atoms with E-state index in [9.17, 15) is 0 Å². The summed E-state index contributed by atoms with van der Waals surface area (Å²) in [5.74, 6) is 1.39. The fourth-order valence-electron chi connectivity index (χ4n) is 2.70. The molecule has 0 amide bonds. The van der Waals surface area contributed by atoms with Crippen molar-refractivity contribution in [2.75, 3.05) is 24.5 Å². The van der Waals surface area contributed by atoms with Gasteiger partial charge in [0.1, 0.15) is 0 Å². The lowest BCUT2D eigenvalue weighted by atomic mass is 9.94. The van der Waals surface area contributed by atoms with E-state index in [-0.39, 0.29) is 0 Å². The highest BCUT2D eigenvalue weighted by Gasteiger charge is 2.12. The molecular formula is C17H30N2. The van der Waals surface area contributed by atoms with Crippen LogP contribution in [0.3, 0.4) is 0 Å².